The monoisotopic (exact) mass is 440 g/mol. The predicted molar refractivity (Wildman–Crippen MR) is 122 cm³/mol. The molecule has 30 heavy (non-hydrogen) atoms. The third kappa shape index (κ3) is 4.87. The quantitative estimate of drug-likeness (QED) is 0.334. The van der Waals surface area contributed by atoms with Gasteiger partial charge < -0.3 is 15.4 Å². The van der Waals surface area contributed by atoms with Crippen molar-refractivity contribution < 1.29 is 14.3 Å². The maximum atomic E-state index is 13.1. The standard InChI is InChI=1S/C21H20N4O3S2/c1-3-28-20(27)16-17(23-21(29)22-15-12-8-5-9-13-15)25(24-18(16)30-2)19(26)14-10-6-4-7-11-14/h4-13H,3H2,1-2H3,(H2,22,23,29). The Kier molecular flexibility index (Phi) is 7.21. The molecule has 0 unspecified atom stereocenters. The third-order valence-electron chi connectivity index (χ3n) is 4.00. The lowest BCUT2D eigenvalue weighted by Crippen LogP contribution is -2.25. The molecule has 0 amide bonds. The second-order valence-corrected chi connectivity index (χ2v) is 7.18. The van der Waals surface area contributed by atoms with Gasteiger partial charge in [0.05, 0.1) is 6.61 Å². The van der Waals surface area contributed by atoms with Gasteiger partial charge in [-0.25, -0.2) is 4.79 Å². The van der Waals surface area contributed by atoms with Gasteiger partial charge in [0.2, 0.25) is 0 Å². The van der Waals surface area contributed by atoms with Gasteiger partial charge in [0.15, 0.2) is 10.9 Å². The second kappa shape index (κ2) is 10.0. The van der Waals surface area contributed by atoms with Crippen LogP contribution in [0, 0.1) is 0 Å². The molecular weight excluding hydrogens is 420 g/mol. The highest BCUT2D eigenvalue weighted by Gasteiger charge is 2.28. The van der Waals surface area contributed by atoms with Crippen molar-refractivity contribution in [2.75, 3.05) is 23.5 Å². The van der Waals surface area contributed by atoms with Gasteiger partial charge in [-0.2, -0.15) is 9.78 Å². The van der Waals surface area contributed by atoms with Crippen LogP contribution in [-0.4, -0.2) is 39.6 Å². The molecule has 1 aromatic heterocycles. The van der Waals surface area contributed by atoms with E-state index >= 15 is 0 Å². The van der Waals surface area contributed by atoms with Crippen LogP contribution in [-0.2, 0) is 4.74 Å². The number of benzene rings is 2. The van der Waals surface area contributed by atoms with E-state index in [1.807, 2.05) is 36.4 Å². The minimum absolute atomic E-state index is 0.153. The van der Waals surface area contributed by atoms with Crippen molar-refractivity contribution in [2.24, 2.45) is 0 Å². The van der Waals surface area contributed by atoms with E-state index in [1.54, 1.807) is 37.4 Å². The third-order valence-corrected chi connectivity index (χ3v) is 4.88. The average molecular weight is 441 g/mol. The Morgan fingerprint density at radius 3 is 2.30 bits per heavy atom. The molecular formula is C21H20N4O3S2. The van der Waals surface area contributed by atoms with E-state index in [4.69, 9.17) is 17.0 Å². The first-order valence-electron chi connectivity index (χ1n) is 9.12. The maximum Gasteiger partial charge on any atom is 0.344 e. The summed E-state index contributed by atoms with van der Waals surface area (Å²) in [6.45, 7) is 1.90. The number of hydrogen-bond donors (Lipinski definition) is 2. The Hall–Kier alpha value is -3.17. The number of hydrogen-bond acceptors (Lipinski definition) is 6. The summed E-state index contributed by atoms with van der Waals surface area (Å²) in [5, 5.41) is 10.9. The molecule has 0 aliphatic carbocycles. The topological polar surface area (TPSA) is 85.2 Å². The molecule has 0 fully saturated rings. The Labute approximate surface area is 183 Å². The molecule has 7 nitrogen and oxygen atoms in total. The van der Waals surface area contributed by atoms with Crippen LogP contribution in [0.1, 0.15) is 27.6 Å². The largest absolute Gasteiger partial charge is 0.462 e. The molecule has 2 aromatic carbocycles. The van der Waals surface area contributed by atoms with Crippen molar-refractivity contribution in [3.05, 3.63) is 71.8 Å². The number of nitrogens with one attached hydrogen (secondary N) is 2. The zero-order valence-corrected chi connectivity index (χ0v) is 18.0. The lowest BCUT2D eigenvalue weighted by molar-refractivity contribution is 0.0523. The van der Waals surface area contributed by atoms with Crippen LogP contribution >= 0.6 is 24.0 Å². The van der Waals surface area contributed by atoms with Crippen LogP contribution < -0.4 is 10.6 Å². The lowest BCUT2D eigenvalue weighted by atomic mass is 10.2. The van der Waals surface area contributed by atoms with E-state index in [0.717, 1.165) is 10.4 Å². The van der Waals surface area contributed by atoms with Crippen LogP contribution in [0.5, 0.6) is 0 Å². The first-order valence-corrected chi connectivity index (χ1v) is 10.7. The van der Waals surface area contributed by atoms with Crippen molar-refractivity contribution in [3.63, 3.8) is 0 Å². The Balaban J connectivity index is 2.02. The normalized spacial score (nSPS) is 10.3. The molecule has 3 rings (SSSR count). The summed E-state index contributed by atoms with van der Waals surface area (Å²) in [5.41, 5.74) is 1.34. The van der Waals surface area contributed by atoms with E-state index in [9.17, 15) is 9.59 Å². The minimum atomic E-state index is -0.584. The Morgan fingerprint density at radius 1 is 1.07 bits per heavy atom. The van der Waals surface area contributed by atoms with Gasteiger partial charge in [0, 0.05) is 11.3 Å². The van der Waals surface area contributed by atoms with E-state index in [-0.39, 0.29) is 23.1 Å². The van der Waals surface area contributed by atoms with Crippen molar-refractivity contribution in [1.29, 1.82) is 0 Å². The van der Waals surface area contributed by atoms with Crippen molar-refractivity contribution in [2.45, 2.75) is 11.9 Å². The summed E-state index contributed by atoms with van der Waals surface area (Å²) < 4.78 is 6.33. The highest BCUT2D eigenvalue weighted by Crippen LogP contribution is 2.29. The van der Waals surface area contributed by atoms with Gasteiger partial charge >= 0.3 is 5.97 Å². The number of nitrogens with zero attached hydrogens (tertiary/aromatic N) is 2. The molecule has 154 valence electrons. The summed E-state index contributed by atoms with van der Waals surface area (Å²) in [6, 6.07) is 18.0. The molecule has 0 radical (unpaired) electrons. The van der Waals surface area contributed by atoms with E-state index < -0.39 is 11.9 Å². The zero-order chi connectivity index (χ0) is 21.5. The molecule has 9 heteroatoms. The summed E-state index contributed by atoms with van der Waals surface area (Å²) in [5.74, 6) is -0.828. The molecule has 3 aromatic rings. The number of carbonyl (C=O) groups is 2. The van der Waals surface area contributed by atoms with E-state index in [0.29, 0.717) is 10.6 Å². The van der Waals surface area contributed by atoms with Crippen LogP contribution in [0.3, 0.4) is 0 Å². The van der Waals surface area contributed by atoms with Gasteiger partial charge in [-0.1, -0.05) is 36.4 Å². The number of thiocarbonyl (C=S) groups is 1. The highest BCUT2D eigenvalue weighted by atomic mass is 32.2. The highest BCUT2D eigenvalue weighted by molar-refractivity contribution is 7.98. The molecule has 1 heterocycles. The summed E-state index contributed by atoms with van der Waals surface area (Å²) in [6.07, 6.45) is 1.77. The van der Waals surface area contributed by atoms with Crippen LogP contribution in [0.15, 0.2) is 65.7 Å². The predicted octanol–water partition coefficient (Wildman–Crippen LogP) is 4.28. The molecule has 0 saturated carbocycles. The van der Waals surface area contributed by atoms with E-state index in [1.165, 1.54) is 11.8 Å². The molecule has 0 aliphatic heterocycles. The number of thioether (sulfide) groups is 1. The summed E-state index contributed by atoms with van der Waals surface area (Å²) >= 11 is 6.64. The lowest BCUT2D eigenvalue weighted by Gasteiger charge is -2.13. The van der Waals surface area contributed by atoms with Gasteiger partial charge in [-0.3, -0.25) is 4.79 Å². The number of anilines is 2. The number of aromatic nitrogens is 2. The number of esters is 1. The van der Waals surface area contributed by atoms with Gasteiger partial charge in [0.1, 0.15) is 10.6 Å². The molecule has 0 aliphatic rings. The average Bonchev–Trinajstić information content (AvgIpc) is 3.12. The smallest absolute Gasteiger partial charge is 0.344 e. The fraction of sp³-hybridized carbons (Fsp3) is 0.143. The number of carbonyl (C=O) groups excluding carboxylic acids is 2. The second-order valence-electron chi connectivity index (χ2n) is 5.98. The van der Waals surface area contributed by atoms with Gasteiger partial charge in [0.25, 0.3) is 5.91 Å². The SMILES string of the molecule is CCOC(=O)c1c(SC)nn(C(=O)c2ccccc2)c1NC(=S)Nc1ccccc1. The maximum absolute atomic E-state index is 13.1. The molecule has 0 bridgehead atoms. The van der Waals surface area contributed by atoms with Gasteiger partial charge in [-0.15, -0.1) is 11.8 Å². The molecule has 2 N–H and O–H groups in total. The zero-order valence-electron chi connectivity index (χ0n) is 16.4. The van der Waals surface area contributed by atoms with Gasteiger partial charge in [-0.05, 0) is 49.7 Å². The van der Waals surface area contributed by atoms with Crippen LogP contribution in [0.4, 0.5) is 11.5 Å². The number of rotatable bonds is 6. The van der Waals surface area contributed by atoms with Crippen molar-refractivity contribution in [3.8, 4) is 0 Å². The van der Waals surface area contributed by atoms with Crippen molar-refractivity contribution >= 4 is 52.5 Å². The first-order chi connectivity index (χ1) is 14.5. The summed E-state index contributed by atoms with van der Waals surface area (Å²) in [4.78, 5) is 25.8. The summed E-state index contributed by atoms with van der Waals surface area (Å²) in [7, 11) is 0. The van der Waals surface area contributed by atoms with Crippen molar-refractivity contribution in [1.82, 2.24) is 9.78 Å². The van der Waals surface area contributed by atoms with E-state index in [2.05, 4.69) is 15.7 Å². The fourth-order valence-electron chi connectivity index (χ4n) is 2.68. The molecule has 0 spiro atoms. The first kappa shape index (κ1) is 21.5. The minimum Gasteiger partial charge on any atom is -0.462 e. The number of ether oxygens (including phenoxy) is 1. The van der Waals surface area contributed by atoms with Crippen LogP contribution in [0.25, 0.3) is 0 Å². The Morgan fingerprint density at radius 2 is 1.70 bits per heavy atom. The fourth-order valence-corrected chi connectivity index (χ4v) is 3.45. The number of para-hydroxylation sites is 1. The Bertz CT molecular complexity index is 1050. The molecule has 0 atom stereocenters. The molecule has 0 saturated heterocycles. The van der Waals surface area contributed by atoms with Crippen LogP contribution in [0.2, 0.25) is 0 Å².